The highest BCUT2D eigenvalue weighted by Gasteiger charge is 2.41. The summed E-state index contributed by atoms with van der Waals surface area (Å²) >= 11 is 0. The van der Waals surface area contributed by atoms with Crippen molar-refractivity contribution < 1.29 is 66.5 Å². The van der Waals surface area contributed by atoms with Gasteiger partial charge in [-0.3, -0.25) is 13.4 Å². The van der Waals surface area contributed by atoms with E-state index >= 15 is 8.78 Å². The number of alkyl halides is 9. The molecule has 0 bridgehead atoms. The van der Waals surface area contributed by atoms with Crippen LogP contribution in [0.5, 0.6) is 5.75 Å². The number of allylic oxidation sites excluding steroid dienone is 2. The Morgan fingerprint density at radius 1 is 0.595 bits per heavy atom. The third-order valence-corrected chi connectivity index (χ3v) is 15.4. The number of aromatic nitrogens is 1. The molecule has 0 spiro atoms. The zero-order valence-electron chi connectivity index (χ0n) is 41.3. The van der Waals surface area contributed by atoms with E-state index in [9.17, 15) is 52.9 Å². The van der Waals surface area contributed by atoms with E-state index in [1.54, 1.807) is 18.2 Å². The van der Waals surface area contributed by atoms with Crippen molar-refractivity contribution in [2.45, 2.75) is 82.8 Å². The highest BCUT2D eigenvalue weighted by molar-refractivity contribution is 6.41. The van der Waals surface area contributed by atoms with Crippen molar-refractivity contribution in [2.75, 3.05) is 0 Å². The van der Waals surface area contributed by atoms with Crippen LogP contribution in [0.4, 0.5) is 56.9 Å². The minimum absolute atomic E-state index is 0.0325. The molecule has 0 N–H and O–H groups in total. The molecule has 9 aromatic rings. The standard InChI is InChI=1S/C61H40BF13N2O2/c63-46-28-36(79-50(78)17-7-12-33-18-19-39-41-21-24-44(60(68,69)70)54-45(61(71,72)73)25-22-42(53(41)54)40-20-23-43(59(65,66)67)51(33)52(39)40)29-47(64)55(46)56(48-26-34-13-5-10-31-8-1-3-15-37(31)57(34)76-48)49-27-35-14-6-11-32-9-2-4-16-38(32)58(35)77(49)30-62(74)75/h1-4,8-9,15-16,18-29H,5-7,10-14,17,30H2/b56-48+. The zero-order valence-corrected chi connectivity index (χ0v) is 41.3. The average Bonchev–Trinajstić information content (AvgIpc) is 3.43. The number of benzene rings is 8. The minimum atomic E-state index is -5.22. The monoisotopic (exact) mass is 1090 g/mol. The Hall–Kier alpha value is -7.89. The number of carbonyl (C=O) groups is 1. The number of fused-ring (bicyclic) bond motifs is 8. The number of hydrogen-bond donors (Lipinski definition) is 0. The van der Waals surface area contributed by atoms with Crippen molar-refractivity contribution in [1.82, 2.24) is 4.57 Å². The van der Waals surface area contributed by atoms with Gasteiger partial charge in [0.05, 0.1) is 51.5 Å². The first-order chi connectivity index (χ1) is 37.7. The molecule has 1 aliphatic heterocycles. The average molecular weight is 1090 g/mol. The van der Waals surface area contributed by atoms with Crippen LogP contribution in [-0.4, -0.2) is 23.5 Å². The molecule has 0 atom stereocenters. The highest BCUT2D eigenvalue weighted by atomic mass is 19.4. The largest absolute Gasteiger partial charge is 0.557 e. The number of halogens is 13. The second-order valence-electron chi connectivity index (χ2n) is 20.2. The molecule has 3 aliphatic rings. The number of carbonyl (C=O) groups excluding carboxylic acids is 1. The molecule has 18 heteroatoms. The third kappa shape index (κ3) is 9.00. The summed E-state index contributed by atoms with van der Waals surface area (Å²) < 4.78 is 201. The fourth-order valence-electron chi connectivity index (χ4n) is 12.3. The van der Waals surface area contributed by atoms with Gasteiger partial charge in [0, 0.05) is 40.6 Å². The van der Waals surface area contributed by atoms with Crippen LogP contribution in [-0.2, 0) is 55.5 Å². The Labute approximate surface area is 442 Å². The van der Waals surface area contributed by atoms with Gasteiger partial charge in [-0.25, -0.2) is 13.8 Å². The van der Waals surface area contributed by atoms with Crippen molar-refractivity contribution in [3.63, 3.8) is 0 Å². The topological polar surface area (TPSA) is 43.6 Å². The molecule has 0 amide bonds. The predicted molar refractivity (Wildman–Crippen MR) is 277 cm³/mol. The van der Waals surface area contributed by atoms with Gasteiger partial charge in [-0.15, -0.1) is 0 Å². The van der Waals surface area contributed by atoms with Gasteiger partial charge in [0.1, 0.15) is 17.4 Å². The van der Waals surface area contributed by atoms with Gasteiger partial charge in [-0.05, 0) is 147 Å². The molecule has 0 saturated carbocycles. The lowest BCUT2D eigenvalue weighted by Gasteiger charge is -2.23. The van der Waals surface area contributed by atoms with Crippen molar-refractivity contribution in [1.29, 1.82) is 0 Å². The third-order valence-electron chi connectivity index (χ3n) is 15.4. The van der Waals surface area contributed by atoms with Gasteiger partial charge < -0.3 is 9.30 Å². The van der Waals surface area contributed by atoms with E-state index in [4.69, 9.17) is 9.73 Å². The molecule has 2 heterocycles. The lowest BCUT2D eigenvalue weighted by atomic mass is 9.83. The molecular weight excluding hydrogens is 1050 g/mol. The summed E-state index contributed by atoms with van der Waals surface area (Å²) in [5, 5.41) is -2.34. The number of nitrogens with zero attached hydrogens (tertiary/aromatic N) is 2. The van der Waals surface area contributed by atoms with Gasteiger partial charge in [-0.2, -0.15) is 39.5 Å². The first-order valence-corrected chi connectivity index (χ1v) is 25.5. The summed E-state index contributed by atoms with van der Waals surface area (Å²) in [5.41, 5.74) is 1.45. The van der Waals surface area contributed by atoms with Crippen LogP contribution >= 0.6 is 0 Å². The number of aliphatic imine (C=N–C) groups is 1. The van der Waals surface area contributed by atoms with Crippen molar-refractivity contribution in [3.8, 4) is 17.0 Å². The molecule has 4 nitrogen and oxygen atoms in total. The molecule has 2 aliphatic carbocycles. The molecule has 1 aromatic heterocycles. The lowest BCUT2D eigenvalue weighted by molar-refractivity contribution is -0.140. The van der Waals surface area contributed by atoms with E-state index in [2.05, 4.69) is 0 Å². The summed E-state index contributed by atoms with van der Waals surface area (Å²) in [6.07, 6.45) is -11.5. The van der Waals surface area contributed by atoms with E-state index in [-0.39, 0.29) is 67.7 Å². The summed E-state index contributed by atoms with van der Waals surface area (Å²) in [5.74, 6) is -4.00. The van der Waals surface area contributed by atoms with E-state index < -0.39 is 95.0 Å². The Morgan fingerprint density at radius 3 is 1.71 bits per heavy atom. The van der Waals surface area contributed by atoms with Crippen molar-refractivity contribution >= 4 is 67.6 Å². The van der Waals surface area contributed by atoms with Gasteiger partial charge in [0.2, 0.25) is 0 Å². The number of esters is 1. The van der Waals surface area contributed by atoms with E-state index in [1.807, 2.05) is 42.5 Å². The summed E-state index contributed by atoms with van der Waals surface area (Å²) in [6.45, 7) is 0. The highest BCUT2D eigenvalue weighted by Crippen LogP contribution is 2.51. The van der Waals surface area contributed by atoms with Crippen molar-refractivity contribution in [3.05, 3.63) is 200 Å². The summed E-state index contributed by atoms with van der Waals surface area (Å²) in [6, 6.07) is 25.5. The van der Waals surface area contributed by atoms with Crippen LogP contribution in [0.1, 0.15) is 87.9 Å². The maximum Gasteiger partial charge on any atom is 0.557 e. The number of rotatable bonds is 9. The van der Waals surface area contributed by atoms with Crippen LogP contribution in [0.25, 0.3) is 59.9 Å². The van der Waals surface area contributed by atoms with Crippen LogP contribution < -0.4 is 4.74 Å². The first-order valence-electron chi connectivity index (χ1n) is 25.5. The zero-order chi connectivity index (χ0) is 55.4. The number of ether oxygens (including phenoxy) is 1. The number of hydrogen-bond acceptors (Lipinski definition) is 3. The van der Waals surface area contributed by atoms with Crippen LogP contribution in [0.2, 0.25) is 0 Å². The van der Waals surface area contributed by atoms with Crippen molar-refractivity contribution in [2.24, 2.45) is 4.99 Å². The lowest BCUT2D eigenvalue weighted by Crippen LogP contribution is -2.16. The Balaban J connectivity index is 0.901. The quantitative estimate of drug-likeness (QED) is 0.0361. The van der Waals surface area contributed by atoms with Crippen LogP contribution in [0.3, 0.4) is 0 Å². The Kier molecular flexibility index (Phi) is 12.6. The smallest absolute Gasteiger partial charge is 0.426 e. The molecule has 12 rings (SSSR count). The number of aryl methyl sites for hydroxylation is 4. The Bertz CT molecular complexity index is 4020. The van der Waals surface area contributed by atoms with Crippen LogP contribution in [0, 0.1) is 11.6 Å². The maximum atomic E-state index is 17.1. The summed E-state index contributed by atoms with van der Waals surface area (Å²) in [4.78, 5) is 18.5. The van der Waals surface area contributed by atoms with E-state index in [0.717, 1.165) is 71.0 Å². The van der Waals surface area contributed by atoms with Gasteiger partial charge in [0.25, 0.3) is 0 Å². The Morgan fingerprint density at radius 2 is 1.11 bits per heavy atom. The molecule has 0 radical (unpaired) electrons. The second-order valence-corrected chi connectivity index (χ2v) is 20.2. The van der Waals surface area contributed by atoms with E-state index in [0.29, 0.717) is 60.9 Å². The molecule has 0 fully saturated rings. The fraction of sp³-hybridized carbons (Fsp3) is 0.213. The summed E-state index contributed by atoms with van der Waals surface area (Å²) in [7, 11) is -2.88. The molecule has 8 aromatic carbocycles. The second kappa shape index (κ2) is 19.2. The molecule has 79 heavy (non-hydrogen) atoms. The predicted octanol–water partition coefficient (Wildman–Crippen LogP) is 17.4. The first kappa shape index (κ1) is 51.8. The molecule has 400 valence electrons. The van der Waals surface area contributed by atoms with Gasteiger partial charge >= 0.3 is 31.8 Å². The fourth-order valence-corrected chi connectivity index (χ4v) is 12.3. The maximum absolute atomic E-state index is 17.1. The normalized spacial score (nSPS) is 15.4. The molecule has 0 saturated heterocycles. The van der Waals surface area contributed by atoms with Crippen LogP contribution in [0.15, 0.2) is 138 Å². The molecule has 0 unspecified atom stereocenters. The SMILES string of the molecule is O=C(CCCc1ccc2c3ccc(C(F)(F)F)c4c(C(F)(F)F)ccc(c5ccc(C(F)(F)F)c1c25)c43)Oc1cc(F)c(/C(=C2\C=C3CCCc4ccccc4C3=N2)c2cc3c(n2CB(F)F)-c2ccccc2CCC3)c(F)c1. The van der Waals surface area contributed by atoms with E-state index in [1.165, 1.54) is 16.7 Å². The minimum Gasteiger partial charge on any atom is -0.426 e. The van der Waals surface area contributed by atoms with Gasteiger partial charge in [0.15, 0.2) is 0 Å². The van der Waals surface area contributed by atoms with Gasteiger partial charge in [-0.1, -0.05) is 78.9 Å². The molecular formula is C61H40BF13N2O2.